The summed E-state index contributed by atoms with van der Waals surface area (Å²) in [4.78, 5) is 13.1. The first-order valence-corrected chi connectivity index (χ1v) is 11.1. The molecule has 0 spiro atoms. The Balaban J connectivity index is 1.29. The van der Waals surface area contributed by atoms with Crippen LogP contribution in [0.25, 0.3) is 10.1 Å². The summed E-state index contributed by atoms with van der Waals surface area (Å²) in [5.74, 6) is 0.318. The minimum absolute atomic E-state index is 0.0331. The van der Waals surface area contributed by atoms with Crippen LogP contribution in [0.2, 0.25) is 0 Å². The maximum Gasteiger partial charge on any atom is 0.261 e. The largest absolute Gasteiger partial charge is 0.351 e. The van der Waals surface area contributed by atoms with Gasteiger partial charge in [-0.3, -0.25) is 4.79 Å². The highest BCUT2D eigenvalue weighted by molar-refractivity contribution is 7.90. The van der Waals surface area contributed by atoms with E-state index >= 15 is 0 Å². The molecule has 2 aromatic rings. The average molecular weight is 379 g/mol. The van der Waals surface area contributed by atoms with Crippen LogP contribution in [-0.2, 0) is 10.0 Å². The van der Waals surface area contributed by atoms with Crippen LogP contribution in [0.5, 0.6) is 0 Å². The number of carbonyl (C=O) groups excluding carboxylic acids is 1. The first kappa shape index (κ1) is 17.0. The molecule has 2 fully saturated rings. The van der Waals surface area contributed by atoms with E-state index in [1.165, 1.54) is 11.3 Å². The number of piperidine rings is 1. The van der Waals surface area contributed by atoms with E-state index in [0.29, 0.717) is 25.6 Å². The van der Waals surface area contributed by atoms with E-state index in [1.54, 1.807) is 4.31 Å². The van der Waals surface area contributed by atoms with Crippen molar-refractivity contribution >= 4 is 37.4 Å². The van der Waals surface area contributed by atoms with Gasteiger partial charge in [-0.1, -0.05) is 18.2 Å². The van der Waals surface area contributed by atoms with Gasteiger partial charge in [0.15, 0.2) is 0 Å². The Morgan fingerprint density at radius 3 is 2.56 bits per heavy atom. The van der Waals surface area contributed by atoms with Crippen LogP contribution < -0.4 is 5.32 Å². The monoisotopic (exact) mass is 378 g/mol. The first-order chi connectivity index (χ1) is 12.0. The summed E-state index contributed by atoms with van der Waals surface area (Å²) in [7, 11) is -3.05. The summed E-state index contributed by atoms with van der Waals surface area (Å²) in [6.45, 7) is 1.79. The molecule has 0 unspecified atom stereocenters. The number of amides is 1. The van der Waals surface area contributed by atoms with Crippen LogP contribution in [0, 0.1) is 5.92 Å². The fourth-order valence-corrected chi connectivity index (χ4v) is 6.21. The molecule has 0 atom stereocenters. The van der Waals surface area contributed by atoms with Gasteiger partial charge in [0.25, 0.3) is 5.91 Å². The number of sulfonamides is 1. The maximum atomic E-state index is 12.4. The third-order valence-electron chi connectivity index (χ3n) is 5.08. The normalized spacial score (nSPS) is 20.0. The van der Waals surface area contributed by atoms with E-state index in [1.807, 2.05) is 30.3 Å². The number of carbonyl (C=O) groups is 1. The van der Waals surface area contributed by atoms with Crippen LogP contribution in [0.1, 0.15) is 35.4 Å². The number of rotatable bonds is 5. The number of hydrogen-bond acceptors (Lipinski definition) is 4. The fourth-order valence-electron chi connectivity index (χ4n) is 3.36. The number of fused-ring (bicyclic) bond motifs is 1. The second kappa shape index (κ2) is 6.70. The summed E-state index contributed by atoms with van der Waals surface area (Å²) >= 11 is 1.51. The predicted octanol–water partition coefficient (Wildman–Crippen LogP) is 2.84. The molecule has 1 aromatic heterocycles. The van der Waals surface area contributed by atoms with E-state index in [2.05, 4.69) is 5.32 Å². The van der Waals surface area contributed by atoms with Gasteiger partial charge in [0.05, 0.1) is 10.1 Å². The summed E-state index contributed by atoms with van der Waals surface area (Å²) in [5, 5.41) is 3.99. The van der Waals surface area contributed by atoms with Crippen molar-refractivity contribution in [2.75, 3.05) is 19.6 Å². The number of thiophene rings is 1. The molecule has 2 aliphatic rings. The fraction of sp³-hybridized carbons (Fsp3) is 0.500. The quantitative estimate of drug-likeness (QED) is 0.870. The highest BCUT2D eigenvalue weighted by atomic mass is 32.2. The minimum atomic E-state index is -3.05. The van der Waals surface area contributed by atoms with Crippen LogP contribution in [0.3, 0.4) is 0 Å². The Morgan fingerprint density at radius 2 is 1.88 bits per heavy atom. The molecule has 4 rings (SSSR count). The molecule has 0 radical (unpaired) electrons. The number of benzene rings is 1. The molecule has 1 saturated heterocycles. The summed E-state index contributed by atoms with van der Waals surface area (Å²) < 4.78 is 27.3. The zero-order chi connectivity index (χ0) is 17.4. The maximum absolute atomic E-state index is 12.4. The molecule has 25 heavy (non-hydrogen) atoms. The molecular formula is C18H22N2O3S2. The Kier molecular flexibility index (Phi) is 4.56. The molecule has 1 amide bonds. The number of nitrogens with zero attached hydrogens (tertiary/aromatic N) is 1. The third-order valence-corrected chi connectivity index (χ3v) is 8.59. The SMILES string of the molecule is O=C(NCC1CCN(S(=O)(=O)C2CC2)CC1)c1cc2ccccc2s1. The van der Waals surface area contributed by atoms with Crippen LogP contribution in [0.4, 0.5) is 0 Å². The van der Waals surface area contributed by atoms with Crippen molar-refractivity contribution in [1.82, 2.24) is 9.62 Å². The van der Waals surface area contributed by atoms with Gasteiger partial charge in [-0.05, 0) is 49.1 Å². The van der Waals surface area contributed by atoms with Gasteiger partial charge >= 0.3 is 0 Å². The molecule has 2 heterocycles. The van der Waals surface area contributed by atoms with Gasteiger partial charge in [-0.25, -0.2) is 12.7 Å². The summed E-state index contributed by atoms with van der Waals surface area (Å²) in [5.41, 5.74) is 0. The molecule has 1 aromatic carbocycles. The van der Waals surface area contributed by atoms with Gasteiger partial charge in [-0.15, -0.1) is 11.3 Å². The molecule has 5 nitrogen and oxygen atoms in total. The number of nitrogens with one attached hydrogen (secondary N) is 1. The number of hydrogen-bond donors (Lipinski definition) is 1. The lowest BCUT2D eigenvalue weighted by Crippen LogP contribution is -2.42. The molecule has 1 N–H and O–H groups in total. The van der Waals surface area contributed by atoms with Crippen LogP contribution in [-0.4, -0.2) is 43.5 Å². The lowest BCUT2D eigenvalue weighted by molar-refractivity contribution is 0.0945. The Labute approximate surface area is 152 Å². The van der Waals surface area contributed by atoms with Crippen molar-refractivity contribution in [3.05, 3.63) is 35.2 Å². The Hall–Kier alpha value is -1.44. The zero-order valence-corrected chi connectivity index (χ0v) is 15.6. The smallest absolute Gasteiger partial charge is 0.261 e. The predicted molar refractivity (Wildman–Crippen MR) is 100 cm³/mol. The van der Waals surface area contributed by atoms with Crippen molar-refractivity contribution < 1.29 is 13.2 Å². The van der Waals surface area contributed by atoms with E-state index in [0.717, 1.165) is 40.6 Å². The zero-order valence-electron chi connectivity index (χ0n) is 14.0. The van der Waals surface area contributed by atoms with E-state index in [9.17, 15) is 13.2 Å². The van der Waals surface area contributed by atoms with Gasteiger partial charge in [-0.2, -0.15) is 0 Å². The molecule has 134 valence electrons. The molecule has 1 saturated carbocycles. The highest BCUT2D eigenvalue weighted by Gasteiger charge is 2.41. The molecule has 0 bridgehead atoms. The molecule has 1 aliphatic heterocycles. The van der Waals surface area contributed by atoms with Crippen LogP contribution >= 0.6 is 11.3 Å². The van der Waals surface area contributed by atoms with E-state index in [4.69, 9.17) is 0 Å². The van der Waals surface area contributed by atoms with Gasteiger partial charge in [0.2, 0.25) is 10.0 Å². The van der Waals surface area contributed by atoms with E-state index < -0.39 is 10.0 Å². The van der Waals surface area contributed by atoms with Gasteiger partial charge in [0.1, 0.15) is 0 Å². The third kappa shape index (κ3) is 3.59. The van der Waals surface area contributed by atoms with Crippen molar-refractivity contribution in [2.24, 2.45) is 5.92 Å². The van der Waals surface area contributed by atoms with Crippen molar-refractivity contribution in [3.63, 3.8) is 0 Å². The summed E-state index contributed by atoms with van der Waals surface area (Å²) in [6.07, 6.45) is 3.26. The Morgan fingerprint density at radius 1 is 1.16 bits per heavy atom. The van der Waals surface area contributed by atoms with Crippen molar-refractivity contribution in [2.45, 2.75) is 30.9 Å². The van der Waals surface area contributed by atoms with Gasteiger partial charge < -0.3 is 5.32 Å². The molecular weight excluding hydrogens is 356 g/mol. The van der Waals surface area contributed by atoms with Crippen LogP contribution in [0.15, 0.2) is 30.3 Å². The topological polar surface area (TPSA) is 66.5 Å². The van der Waals surface area contributed by atoms with Crippen molar-refractivity contribution in [1.29, 1.82) is 0 Å². The molecule has 1 aliphatic carbocycles. The second-order valence-electron chi connectivity index (χ2n) is 6.95. The lowest BCUT2D eigenvalue weighted by Gasteiger charge is -2.31. The van der Waals surface area contributed by atoms with Gasteiger partial charge in [0, 0.05) is 24.3 Å². The first-order valence-electron chi connectivity index (χ1n) is 8.80. The van der Waals surface area contributed by atoms with E-state index in [-0.39, 0.29) is 11.2 Å². The lowest BCUT2D eigenvalue weighted by atomic mass is 9.98. The average Bonchev–Trinajstić information content (AvgIpc) is 3.40. The second-order valence-corrected chi connectivity index (χ2v) is 10.2. The Bertz CT molecular complexity index is 846. The highest BCUT2D eigenvalue weighted by Crippen LogP contribution is 2.33. The standard InChI is InChI=1S/C18H22N2O3S2/c21-18(17-11-14-3-1-2-4-16(14)24-17)19-12-13-7-9-20(10-8-13)25(22,23)15-5-6-15/h1-4,11,13,15H,5-10,12H2,(H,19,21). The molecule has 7 heteroatoms. The van der Waals surface area contributed by atoms with Crippen molar-refractivity contribution in [3.8, 4) is 0 Å². The minimum Gasteiger partial charge on any atom is -0.351 e. The summed E-state index contributed by atoms with van der Waals surface area (Å²) in [6, 6.07) is 9.91.